The van der Waals surface area contributed by atoms with Crippen LogP contribution < -0.4 is 4.80 Å². The van der Waals surface area contributed by atoms with Crippen molar-refractivity contribution in [3.05, 3.63) is 91.9 Å². The molecule has 0 saturated heterocycles. The molecule has 8 heteroatoms. The molecule has 3 rings (SSSR count). The standard InChI is InChI=1S/C22H21FN4O2S/c1-14(2)12-24-22-26(21(13-30-22)17-7-9-19(23)10-8-17)25-16(4)18-6-5-15(3)20(11-18)27(28)29/h5-11,13H,1,12H2,2-4H3. The number of thiazole rings is 1. The summed E-state index contributed by atoms with van der Waals surface area (Å²) >= 11 is 1.41. The lowest BCUT2D eigenvalue weighted by Crippen LogP contribution is -2.15. The molecule has 3 aromatic rings. The highest BCUT2D eigenvalue weighted by Gasteiger charge is 2.14. The van der Waals surface area contributed by atoms with E-state index in [4.69, 9.17) is 5.10 Å². The Morgan fingerprint density at radius 1 is 1.23 bits per heavy atom. The van der Waals surface area contributed by atoms with Crippen LogP contribution in [0.15, 0.2) is 70.1 Å². The average molecular weight is 425 g/mol. The van der Waals surface area contributed by atoms with Gasteiger partial charge in [-0.3, -0.25) is 15.1 Å². The maximum atomic E-state index is 13.4. The molecule has 0 amide bonds. The minimum Gasteiger partial charge on any atom is -0.258 e. The Balaban J connectivity index is 2.15. The van der Waals surface area contributed by atoms with E-state index in [-0.39, 0.29) is 11.5 Å². The molecule has 0 unspecified atom stereocenters. The molecular weight excluding hydrogens is 403 g/mol. The van der Waals surface area contributed by atoms with Gasteiger partial charge >= 0.3 is 0 Å². The van der Waals surface area contributed by atoms with Crippen molar-refractivity contribution < 1.29 is 9.31 Å². The fourth-order valence-electron chi connectivity index (χ4n) is 2.76. The Morgan fingerprint density at radius 3 is 2.57 bits per heavy atom. The maximum absolute atomic E-state index is 13.4. The van der Waals surface area contributed by atoms with Crippen LogP contribution in [-0.2, 0) is 0 Å². The summed E-state index contributed by atoms with van der Waals surface area (Å²) in [6.45, 7) is 9.71. The molecule has 1 aromatic heterocycles. The monoisotopic (exact) mass is 424 g/mol. The van der Waals surface area contributed by atoms with Gasteiger partial charge in [0.1, 0.15) is 5.82 Å². The number of aryl methyl sites for hydroxylation is 1. The molecule has 0 N–H and O–H groups in total. The van der Waals surface area contributed by atoms with E-state index < -0.39 is 4.92 Å². The van der Waals surface area contributed by atoms with E-state index in [1.165, 1.54) is 29.5 Å². The summed E-state index contributed by atoms with van der Waals surface area (Å²) in [6, 6.07) is 11.2. The molecule has 6 nitrogen and oxygen atoms in total. The van der Waals surface area contributed by atoms with Crippen LogP contribution in [0.5, 0.6) is 0 Å². The van der Waals surface area contributed by atoms with Crippen molar-refractivity contribution in [2.24, 2.45) is 10.1 Å². The molecule has 2 aromatic carbocycles. The summed E-state index contributed by atoms with van der Waals surface area (Å²) < 4.78 is 15.1. The quantitative estimate of drug-likeness (QED) is 0.232. The van der Waals surface area contributed by atoms with Crippen molar-refractivity contribution >= 4 is 22.7 Å². The number of rotatable bonds is 6. The first-order valence-electron chi connectivity index (χ1n) is 9.18. The minimum absolute atomic E-state index is 0.0447. The van der Waals surface area contributed by atoms with E-state index in [1.54, 1.807) is 42.8 Å². The second kappa shape index (κ2) is 8.96. The van der Waals surface area contributed by atoms with Crippen LogP contribution in [0.1, 0.15) is 25.0 Å². The van der Waals surface area contributed by atoms with E-state index in [2.05, 4.69) is 11.6 Å². The number of nitro groups is 1. The molecule has 30 heavy (non-hydrogen) atoms. The van der Waals surface area contributed by atoms with Crippen molar-refractivity contribution in [1.29, 1.82) is 0 Å². The predicted octanol–water partition coefficient (Wildman–Crippen LogP) is 5.32. The van der Waals surface area contributed by atoms with E-state index in [0.29, 0.717) is 28.2 Å². The minimum atomic E-state index is -0.401. The van der Waals surface area contributed by atoms with Gasteiger partial charge in [0.2, 0.25) is 4.80 Å². The van der Waals surface area contributed by atoms with Gasteiger partial charge < -0.3 is 0 Å². The molecule has 0 atom stereocenters. The smallest absolute Gasteiger partial charge is 0.258 e. The first-order chi connectivity index (χ1) is 14.3. The molecule has 0 fully saturated rings. The SMILES string of the molecule is C=C(C)CN=c1scc(-c2ccc(F)cc2)n1N=C(C)c1ccc(C)c([N+](=O)[O-])c1. The molecule has 0 radical (unpaired) electrons. The molecular formula is C22H21FN4O2S. The topological polar surface area (TPSA) is 72.8 Å². The van der Waals surface area contributed by atoms with Crippen molar-refractivity contribution in [1.82, 2.24) is 4.68 Å². The van der Waals surface area contributed by atoms with Gasteiger partial charge in [0.15, 0.2) is 0 Å². The van der Waals surface area contributed by atoms with Crippen LogP contribution in [0.2, 0.25) is 0 Å². The number of nitro benzene ring substituents is 1. The van der Waals surface area contributed by atoms with Crippen molar-refractivity contribution in [2.75, 3.05) is 6.54 Å². The molecule has 0 aliphatic carbocycles. The van der Waals surface area contributed by atoms with E-state index in [1.807, 2.05) is 12.3 Å². The van der Waals surface area contributed by atoms with Crippen LogP contribution in [-0.4, -0.2) is 21.9 Å². The number of hydrogen-bond donors (Lipinski definition) is 0. The van der Waals surface area contributed by atoms with E-state index >= 15 is 0 Å². The molecule has 0 bridgehead atoms. The molecule has 0 aliphatic rings. The summed E-state index contributed by atoms with van der Waals surface area (Å²) in [6.07, 6.45) is 0. The third-order valence-corrected chi connectivity index (χ3v) is 5.24. The van der Waals surface area contributed by atoms with E-state index in [9.17, 15) is 14.5 Å². The molecule has 1 heterocycles. The summed E-state index contributed by atoms with van der Waals surface area (Å²) in [5.41, 5.74) is 4.32. The lowest BCUT2D eigenvalue weighted by Gasteiger charge is -2.07. The molecule has 154 valence electrons. The molecule has 0 saturated carbocycles. The van der Waals surface area contributed by atoms with Gasteiger partial charge in [-0.2, -0.15) is 5.10 Å². The Morgan fingerprint density at radius 2 is 1.93 bits per heavy atom. The van der Waals surface area contributed by atoms with Crippen molar-refractivity contribution in [2.45, 2.75) is 20.8 Å². The van der Waals surface area contributed by atoms with Gasteiger partial charge in [-0.25, -0.2) is 9.07 Å². The number of aromatic nitrogens is 1. The lowest BCUT2D eigenvalue weighted by atomic mass is 10.1. The Labute approximate surface area is 177 Å². The summed E-state index contributed by atoms with van der Waals surface area (Å²) in [4.78, 5) is 16.1. The fraction of sp³-hybridized carbons (Fsp3) is 0.182. The van der Waals surface area contributed by atoms with Gasteiger partial charge in [0.25, 0.3) is 5.69 Å². The number of nitrogens with zero attached hydrogens (tertiary/aromatic N) is 4. The number of hydrogen-bond acceptors (Lipinski definition) is 5. The van der Waals surface area contributed by atoms with Crippen LogP contribution in [0, 0.1) is 22.9 Å². The highest BCUT2D eigenvalue weighted by atomic mass is 32.1. The zero-order valence-electron chi connectivity index (χ0n) is 16.9. The molecule has 0 spiro atoms. The van der Waals surface area contributed by atoms with Gasteiger partial charge in [0.05, 0.1) is 22.9 Å². The second-order valence-electron chi connectivity index (χ2n) is 6.94. The normalized spacial score (nSPS) is 12.3. The highest BCUT2D eigenvalue weighted by Crippen LogP contribution is 2.22. The van der Waals surface area contributed by atoms with Gasteiger partial charge in [-0.1, -0.05) is 24.3 Å². The third-order valence-electron chi connectivity index (χ3n) is 4.38. The fourth-order valence-corrected chi connectivity index (χ4v) is 3.60. The lowest BCUT2D eigenvalue weighted by molar-refractivity contribution is -0.385. The van der Waals surface area contributed by atoms with Gasteiger partial charge in [0, 0.05) is 28.1 Å². The predicted molar refractivity (Wildman–Crippen MR) is 118 cm³/mol. The van der Waals surface area contributed by atoms with Crippen LogP contribution >= 0.6 is 11.3 Å². The van der Waals surface area contributed by atoms with Crippen molar-refractivity contribution in [3.8, 4) is 11.3 Å². The summed E-state index contributed by atoms with van der Waals surface area (Å²) in [7, 11) is 0. The van der Waals surface area contributed by atoms with Crippen molar-refractivity contribution in [3.63, 3.8) is 0 Å². The van der Waals surface area contributed by atoms with Crippen LogP contribution in [0.4, 0.5) is 10.1 Å². The third kappa shape index (κ3) is 4.77. The van der Waals surface area contributed by atoms with Gasteiger partial charge in [-0.15, -0.1) is 11.3 Å². The molecule has 0 aliphatic heterocycles. The zero-order valence-corrected chi connectivity index (χ0v) is 17.7. The second-order valence-corrected chi connectivity index (χ2v) is 7.78. The number of benzene rings is 2. The Kier molecular flexibility index (Phi) is 6.37. The highest BCUT2D eigenvalue weighted by molar-refractivity contribution is 7.07. The average Bonchev–Trinajstić information content (AvgIpc) is 3.09. The van der Waals surface area contributed by atoms with Crippen LogP contribution in [0.3, 0.4) is 0 Å². The zero-order chi connectivity index (χ0) is 21.8. The summed E-state index contributed by atoms with van der Waals surface area (Å²) in [5.74, 6) is -0.320. The largest absolute Gasteiger partial charge is 0.272 e. The first kappa shape index (κ1) is 21.3. The Bertz CT molecular complexity index is 1210. The number of halogens is 1. The maximum Gasteiger partial charge on any atom is 0.272 e. The Hall–Kier alpha value is -3.39. The first-order valence-corrected chi connectivity index (χ1v) is 10.1. The summed E-state index contributed by atoms with van der Waals surface area (Å²) in [5, 5.41) is 17.9. The van der Waals surface area contributed by atoms with Gasteiger partial charge in [-0.05, 0) is 45.0 Å². The van der Waals surface area contributed by atoms with E-state index in [0.717, 1.165) is 16.8 Å². The van der Waals surface area contributed by atoms with Crippen LogP contribution in [0.25, 0.3) is 11.3 Å².